The number of esters is 1. The molecule has 0 aromatic carbocycles. The van der Waals surface area contributed by atoms with Gasteiger partial charge in [-0.25, -0.2) is 13.2 Å². The highest BCUT2D eigenvalue weighted by Gasteiger charge is 2.27. The Hall–Kier alpha value is -2.41. The molecule has 37 heavy (non-hydrogen) atoms. The van der Waals surface area contributed by atoms with Crippen molar-refractivity contribution in [1.29, 1.82) is 0 Å². The summed E-state index contributed by atoms with van der Waals surface area (Å²) in [5, 5.41) is 5.20. The summed E-state index contributed by atoms with van der Waals surface area (Å²) in [5.41, 5.74) is -0.530. The molecule has 0 spiro atoms. The molecule has 0 radical (unpaired) electrons. The van der Waals surface area contributed by atoms with Gasteiger partial charge in [0.15, 0.2) is 0 Å². The van der Waals surface area contributed by atoms with Gasteiger partial charge in [-0.3, -0.25) is 14.4 Å². The molecular weight excluding hydrogens is 504 g/mol. The minimum absolute atomic E-state index is 0.0174. The zero-order chi connectivity index (χ0) is 28.1. The number of hydrogen-bond donors (Lipinski definition) is 3. The Balaban J connectivity index is 2.29. The number of rotatable bonds is 14. The molecule has 1 rings (SSSR count). The third kappa shape index (κ3) is 14.2. The summed E-state index contributed by atoms with van der Waals surface area (Å²) >= 11 is 0. The van der Waals surface area contributed by atoms with Crippen LogP contribution in [0, 0.1) is 5.92 Å². The normalized spacial score (nSPS) is 15.5. The predicted octanol–water partition coefficient (Wildman–Crippen LogP) is 1.30. The fraction of sp³-hybridized carbons (Fsp3) is 0.833. The lowest BCUT2D eigenvalue weighted by atomic mass is 9.92. The first-order valence-electron chi connectivity index (χ1n) is 12.9. The third-order valence-corrected chi connectivity index (χ3v) is 7.27. The average Bonchev–Trinajstić information content (AvgIpc) is 2.82. The fourth-order valence-corrected chi connectivity index (χ4v) is 5.10. The largest absolute Gasteiger partial charge is 0.468 e. The van der Waals surface area contributed by atoms with Gasteiger partial charge >= 0.3 is 12.1 Å². The topological polar surface area (TPSA) is 160 Å². The molecule has 1 atom stereocenters. The van der Waals surface area contributed by atoms with Crippen molar-refractivity contribution < 1.29 is 37.1 Å². The quantitative estimate of drug-likeness (QED) is 0.274. The van der Waals surface area contributed by atoms with Crippen molar-refractivity contribution >= 4 is 33.9 Å². The second kappa shape index (κ2) is 15.8. The first-order chi connectivity index (χ1) is 17.3. The van der Waals surface area contributed by atoms with E-state index in [4.69, 9.17) is 4.74 Å². The van der Waals surface area contributed by atoms with E-state index in [1.165, 1.54) is 0 Å². The standard InChI is InChI=1S/C24H44N4O8S/c1-6-7-16-37(33,34)27-19(22(31)35-5)17-26-21(30)10-13-25-20(29)9-8-18-11-14-28(15-12-18)23(32)36-24(2,3)4/h18-19,27H,6-17H2,1-5H3,(H,25,29)(H,26,30)/t19-/m0/s1. The van der Waals surface area contributed by atoms with Gasteiger partial charge in [0.05, 0.1) is 12.9 Å². The summed E-state index contributed by atoms with van der Waals surface area (Å²) in [6.07, 6.45) is 3.42. The molecule has 0 aromatic heterocycles. The number of ether oxygens (including phenoxy) is 2. The Morgan fingerprint density at radius 1 is 1.03 bits per heavy atom. The first-order valence-corrected chi connectivity index (χ1v) is 14.5. The maximum Gasteiger partial charge on any atom is 0.410 e. The zero-order valence-electron chi connectivity index (χ0n) is 22.8. The Kier molecular flexibility index (Phi) is 13.9. The number of carbonyl (C=O) groups is 4. The molecular formula is C24H44N4O8S. The predicted molar refractivity (Wildman–Crippen MR) is 138 cm³/mol. The lowest BCUT2D eigenvalue weighted by Crippen LogP contribution is -2.49. The van der Waals surface area contributed by atoms with E-state index in [9.17, 15) is 27.6 Å². The van der Waals surface area contributed by atoms with Crippen LogP contribution in [-0.2, 0) is 33.9 Å². The van der Waals surface area contributed by atoms with Crippen LogP contribution < -0.4 is 15.4 Å². The van der Waals surface area contributed by atoms with E-state index in [-0.39, 0.29) is 37.3 Å². The van der Waals surface area contributed by atoms with Crippen LogP contribution in [-0.4, -0.2) is 87.9 Å². The van der Waals surface area contributed by atoms with Crippen LogP contribution in [0.1, 0.15) is 72.6 Å². The van der Waals surface area contributed by atoms with Crippen molar-refractivity contribution in [2.75, 3.05) is 39.0 Å². The third-order valence-electron chi connectivity index (χ3n) is 5.80. The summed E-state index contributed by atoms with van der Waals surface area (Å²) in [6, 6.07) is -1.23. The Bertz CT molecular complexity index is 864. The maximum absolute atomic E-state index is 12.2. The molecule has 0 aromatic rings. The molecule has 1 fully saturated rings. The monoisotopic (exact) mass is 548 g/mol. The number of nitrogens with one attached hydrogen (secondary N) is 3. The van der Waals surface area contributed by atoms with E-state index in [2.05, 4.69) is 20.1 Å². The summed E-state index contributed by atoms with van der Waals surface area (Å²) < 4.78 is 36.4. The molecule has 0 saturated carbocycles. The van der Waals surface area contributed by atoms with Gasteiger partial charge < -0.3 is 25.0 Å². The zero-order valence-corrected chi connectivity index (χ0v) is 23.6. The van der Waals surface area contributed by atoms with E-state index in [1.807, 2.05) is 27.7 Å². The summed E-state index contributed by atoms with van der Waals surface area (Å²) in [6.45, 7) is 8.41. The Labute approximate surface area is 220 Å². The molecule has 0 unspecified atom stereocenters. The number of carbonyl (C=O) groups excluding carboxylic acids is 4. The lowest BCUT2D eigenvalue weighted by molar-refractivity contribution is -0.142. The van der Waals surface area contributed by atoms with Gasteiger partial charge in [0.25, 0.3) is 0 Å². The van der Waals surface area contributed by atoms with Gasteiger partial charge in [0.2, 0.25) is 21.8 Å². The number of sulfonamides is 1. The number of nitrogens with zero attached hydrogens (tertiary/aromatic N) is 1. The van der Waals surface area contributed by atoms with Gasteiger partial charge in [-0.05, 0) is 52.4 Å². The number of unbranched alkanes of at least 4 members (excludes halogenated alkanes) is 1. The van der Waals surface area contributed by atoms with Crippen LogP contribution in [0.3, 0.4) is 0 Å². The molecule has 13 heteroatoms. The Morgan fingerprint density at radius 2 is 1.65 bits per heavy atom. The summed E-state index contributed by atoms with van der Waals surface area (Å²) in [4.78, 5) is 50.0. The van der Waals surface area contributed by atoms with Crippen molar-refractivity contribution in [2.24, 2.45) is 5.92 Å². The SMILES string of the molecule is CCCCS(=O)(=O)N[C@@H](CNC(=O)CCNC(=O)CCC1CCN(C(=O)OC(C)(C)C)CC1)C(=O)OC. The number of likely N-dealkylation sites (tertiary alicyclic amines) is 1. The molecule has 0 aliphatic carbocycles. The van der Waals surface area contributed by atoms with Crippen molar-refractivity contribution in [2.45, 2.75) is 84.3 Å². The number of hydrogen-bond acceptors (Lipinski definition) is 8. The van der Waals surface area contributed by atoms with Crippen molar-refractivity contribution in [3.05, 3.63) is 0 Å². The molecule has 214 valence electrons. The van der Waals surface area contributed by atoms with Crippen molar-refractivity contribution in [3.63, 3.8) is 0 Å². The van der Waals surface area contributed by atoms with E-state index in [1.54, 1.807) is 4.90 Å². The molecule has 1 saturated heterocycles. The van der Waals surface area contributed by atoms with Crippen LogP contribution in [0.4, 0.5) is 4.79 Å². The summed E-state index contributed by atoms with van der Waals surface area (Å²) in [7, 11) is -2.55. The minimum atomic E-state index is -3.69. The second-order valence-electron chi connectivity index (χ2n) is 10.2. The number of piperidine rings is 1. The van der Waals surface area contributed by atoms with Crippen molar-refractivity contribution in [1.82, 2.24) is 20.3 Å². The van der Waals surface area contributed by atoms with Crippen LogP contribution in [0.15, 0.2) is 0 Å². The maximum atomic E-state index is 12.2. The summed E-state index contributed by atoms with van der Waals surface area (Å²) in [5.74, 6) is -1.19. The van der Waals surface area contributed by atoms with E-state index in [0.29, 0.717) is 44.7 Å². The minimum Gasteiger partial charge on any atom is -0.468 e. The number of amides is 3. The molecule has 3 N–H and O–H groups in total. The first kappa shape index (κ1) is 32.6. The smallest absolute Gasteiger partial charge is 0.410 e. The van der Waals surface area contributed by atoms with Crippen LogP contribution >= 0.6 is 0 Å². The average molecular weight is 549 g/mol. The molecule has 0 bridgehead atoms. The number of methoxy groups -OCH3 is 1. The molecule has 1 aliphatic rings. The highest BCUT2D eigenvalue weighted by atomic mass is 32.2. The van der Waals surface area contributed by atoms with Crippen LogP contribution in [0.5, 0.6) is 0 Å². The molecule has 1 aliphatic heterocycles. The molecule has 12 nitrogen and oxygen atoms in total. The van der Waals surface area contributed by atoms with Gasteiger partial charge in [0, 0.05) is 39.0 Å². The van der Waals surface area contributed by atoms with Gasteiger partial charge in [-0.1, -0.05) is 13.3 Å². The lowest BCUT2D eigenvalue weighted by Gasteiger charge is -2.33. The van der Waals surface area contributed by atoms with E-state index in [0.717, 1.165) is 20.0 Å². The van der Waals surface area contributed by atoms with E-state index < -0.39 is 33.5 Å². The molecule has 1 heterocycles. The van der Waals surface area contributed by atoms with Gasteiger partial charge in [-0.15, -0.1) is 0 Å². The fourth-order valence-electron chi connectivity index (χ4n) is 3.70. The molecule has 3 amide bonds. The second-order valence-corrected chi connectivity index (χ2v) is 12.1. The highest BCUT2D eigenvalue weighted by Crippen LogP contribution is 2.23. The van der Waals surface area contributed by atoms with Gasteiger partial charge in [-0.2, -0.15) is 4.72 Å². The van der Waals surface area contributed by atoms with E-state index >= 15 is 0 Å². The highest BCUT2D eigenvalue weighted by molar-refractivity contribution is 7.89. The van der Waals surface area contributed by atoms with Crippen LogP contribution in [0.25, 0.3) is 0 Å². The van der Waals surface area contributed by atoms with Crippen molar-refractivity contribution in [3.8, 4) is 0 Å². The Morgan fingerprint density at radius 3 is 2.22 bits per heavy atom. The van der Waals surface area contributed by atoms with Gasteiger partial charge in [0.1, 0.15) is 11.6 Å². The van der Waals surface area contributed by atoms with Crippen LogP contribution in [0.2, 0.25) is 0 Å².